The standard InChI is InChI=1S/C27H26/c1-18(2)24-17-25(21-13-10-19(3)11-14-21)23-15-12-20(4)16-26(23)27(24)22-8-6-5-7-9-22/h5-18H,1-4H3. The van der Waals surface area contributed by atoms with Crippen LogP contribution in [0.2, 0.25) is 0 Å². The Morgan fingerprint density at radius 1 is 0.593 bits per heavy atom. The number of rotatable bonds is 3. The summed E-state index contributed by atoms with van der Waals surface area (Å²) in [5, 5.41) is 2.68. The van der Waals surface area contributed by atoms with Crippen molar-refractivity contribution in [3.8, 4) is 22.3 Å². The van der Waals surface area contributed by atoms with Gasteiger partial charge in [0.25, 0.3) is 0 Å². The summed E-state index contributed by atoms with van der Waals surface area (Å²) in [6.45, 7) is 8.91. The van der Waals surface area contributed by atoms with Crippen LogP contribution in [0, 0.1) is 13.8 Å². The average Bonchev–Trinajstić information content (AvgIpc) is 2.68. The molecule has 0 spiro atoms. The average molecular weight is 351 g/mol. The Hall–Kier alpha value is -2.86. The van der Waals surface area contributed by atoms with Crippen molar-refractivity contribution in [1.29, 1.82) is 0 Å². The Bertz CT molecular complexity index is 1080. The smallest absolute Gasteiger partial charge is 0.00702 e. The quantitative estimate of drug-likeness (QED) is 0.352. The Kier molecular flexibility index (Phi) is 4.58. The molecule has 0 bridgehead atoms. The van der Waals surface area contributed by atoms with Crippen molar-refractivity contribution in [3.05, 3.63) is 95.6 Å². The third-order valence-electron chi connectivity index (χ3n) is 5.37. The summed E-state index contributed by atoms with van der Waals surface area (Å²) < 4.78 is 0. The topological polar surface area (TPSA) is 0 Å². The lowest BCUT2D eigenvalue weighted by Gasteiger charge is -2.20. The van der Waals surface area contributed by atoms with Gasteiger partial charge >= 0.3 is 0 Å². The summed E-state index contributed by atoms with van der Waals surface area (Å²) in [6, 6.07) is 29.0. The molecule has 0 amide bonds. The Balaban J connectivity index is 2.12. The molecule has 0 atom stereocenters. The predicted molar refractivity (Wildman–Crippen MR) is 118 cm³/mol. The molecular weight excluding hydrogens is 324 g/mol. The molecule has 4 aromatic carbocycles. The van der Waals surface area contributed by atoms with Crippen LogP contribution in [0.3, 0.4) is 0 Å². The zero-order chi connectivity index (χ0) is 19.0. The number of aryl methyl sites for hydroxylation is 2. The molecule has 0 heterocycles. The van der Waals surface area contributed by atoms with Gasteiger partial charge in [-0.25, -0.2) is 0 Å². The van der Waals surface area contributed by atoms with E-state index in [1.165, 1.54) is 49.7 Å². The van der Waals surface area contributed by atoms with E-state index < -0.39 is 0 Å². The van der Waals surface area contributed by atoms with E-state index in [0.717, 1.165) is 0 Å². The van der Waals surface area contributed by atoms with Gasteiger partial charge in [-0.1, -0.05) is 97.8 Å². The van der Waals surface area contributed by atoms with Crippen LogP contribution in [0.5, 0.6) is 0 Å². The van der Waals surface area contributed by atoms with Gasteiger partial charge < -0.3 is 0 Å². The Morgan fingerprint density at radius 2 is 1.26 bits per heavy atom. The lowest BCUT2D eigenvalue weighted by Crippen LogP contribution is -1.97. The van der Waals surface area contributed by atoms with Crippen molar-refractivity contribution in [2.75, 3.05) is 0 Å². The molecule has 134 valence electrons. The minimum atomic E-state index is 0.453. The lowest BCUT2D eigenvalue weighted by atomic mass is 9.84. The van der Waals surface area contributed by atoms with Crippen LogP contribution in [0.1, 0.15) is 36.5 Å². The minimum Gasteiger partial charge on any atom is -0.0622 e. The molecular formula is C27H26. The van der Waals surface area contributed by atoms with Crippen LogP contribution in [0.15, 0.2) is 78.9 Å². The van der Waals surface area contributed by atoms with Gasteiger partial charge in [-0.3, -0.25) is 0 Å². The summed E-state index contributed by atoms with van der Waals surface area (Å²) in [4.78, 5) is 0. The molecule has 0 saturated heterocycles. The van der Waals surface area contributed by atoms with E-state index in [-0.39, 0.29) is 0 Å². The second-order valence-electron chi connectivity index (χ2n) is 7.82. The number of hydrogen-bond donors (Lipinski definition) is 0. The van der Waals surface area contributed by atoms with Crippen molar-refractivity contribution >= 4 is 10.8 Å². The highest BCUT2D eigenvalue weighted by atomic mass is 14.2. The molecule has 0 aliphatic carbocycles. The second-order valence-corrected chi connectivity index (χ2v) is 7.82. The van der Waals surface area contributed by atoms with Gasteiger partial charge in [-0.2, -0.15) is 0 Å². The first-order chi connectivity index (χ1) is 13.0. The van der Waals surface area contributed by atoms with Gasteiger partial charge in [-0.05, 0) is 64.4 Å². The highest BCUT2D eigenvalue weighted by Gasteiger charge is 2.17. The molecule has 0 N–H and O–H groups in total. The lowest BCUT2D eigenvalue weighted by molar-refractivity contribution is 0.871. The maximum absolute atomic E-state index is 2.41. The molecule has 0 heteroatoms. The number of benzene rings is 4. The zero-order valence-electron chi connectivity index (χ0n) is 16.6. The van der Waals surface area contributed by atoms with E-state index in [4.69, 9.17) is 0 Å². The molecule has 27 heavy (non-hydrogen) atoms. The molecule has 0 saturated carbocycles. The first kappa shape index (κ1) is 17.5. The van der Waals surface area contributed by atoms with Crippen LogP contribution < -0.4 is 0 Å². The van der Waals surface area contributed by atoms with Crippen molar-refractivity contribution < 1.29 is 0 Å². The van der Waals surface area contributed by atoms with Crippen molar-refractivity contribution in [1.82, 2.24) is 0 Å². The van der Waals surface area contributed by atoms with E-state index in [1.54, 1.807) is 0 Å². The van der Waals surface area contributed by atoms with Crippen molar-refractivity contribution in [2.45, 2.75) is 33.6 Å². The van der Waals surface area contributed by atoms with Gasteiger partial charge in [0, 0.05) is 0 Å². The molecule has 0 radical (unpaired) electrons. The third kappa shape index (κ3) is 3.28. The fraction of sp³-hybridized carbons (Fsp3) is 0.185. The Labute approximate surface area is 162 Å². The third-order valence-corrected chi connectivity index (χ3v) is 5.37. The maximum atomic E-state index is 2.41. The normalized spacial score (nSPS) is 11.3. The fourth-order valence-corrected chi connectivity index (χ4v) is 3.92. The summed E-state index contributed by atoms with van der Waals surface area (Å²) >= 11 is 0. The van der Waals surface area contributed by atoms with Crippen molar-refractivity contribution in [3.63, 3.8) is 0 Å². The maximum Gasteiger partial charge on any atom is -0.00702 e. The molecule has 0 unspecified atom stereocenters. The second kappa shape index (κ2) is 7.04. The van der Waals surface area contributed by atoms with E-state index in [2.05, 4.69) is 107 Å². The molecule has 0 nitrogen and oxygen atoms in total. The number of hydrogen-bond acceptors (Lipinski definition) is 0. The molecule has 0 aromatic heterocycles. The highest BCUT2D eigenvalue weighted by molar-refractivity contribution is 6.06. The first-order valence-electron chi connectivity index (χ1n) is 9.74. The highest BCUT2D eigenvalue weighted by Crippen LogP contribution is 2.41. The molecule has 0 fully saturated rings. The molecule has 0 aliphatic heterocycles. The SMILES string of the molecule is Cc1ccc(-c2cc(C(C)C)c(-c3ccccc3)c3cc(C)ccc23)cc1. The van der Waals surface area contributed by atoms with Gasteiger partial charge in [-0.15, -0.1) is 0 Å². The summed E-state index contributed by atoms with van der Waals surface area (Å²) in [5.74, 6) is 0.453. The van der Waals surface area contributed by atoms with Crippen LogP contribution >= 0.6 is 0 Å². The summed E-state index contributed by atoms with van der Waals surface area (Å²) in [6.07, 6.45) is 0. The van der Waals surface area contributed by atoms with E-state index in [9.17, 15) is 0 Å². The van der Waals surface area contributed by atoms with Crippen LogP contribution in [-0.2, 0) is 0 Å². The Morgan fingerprint density at radius 3 is 1.93 bits per heavy atom. The van der Waals surface area contributed by atoms with Crippen LogP contribution in [-0.4, -0.2) is 0 Å². The largest absolute Gasteiger partial charge is 0.0622 e. The zero-order valence-corrected chi connectivity index (χ0v) is 16.6. The predicted octanol–water partition coefficient (Wildman–Crippen LogP) is 7.91. The molecule has 0 aliphatic rings. The van der Waals surface area contributed by atoms with E-state index >= 15 is 0 Å². The minimum absolute atomic E-state index is 0.453. The summed E-state index contributed by atoms with van der Waals surface area (Å²) in [7, 11) is 0. The van der Waals surface area contributed by atoms with E-state index in [1.807, 2.05) is 0 Å². The van der Waals surface area contributed by atoms with Crippen LogP contribution in [0.25, 0.3) is 33.0 Å². The van der Waals surface area contributed by atoms with E-state index in [0.29, 0.717) is 5.92 Å². The fourth-order valence-electron chi connectivity index (χ4n) is 3.92. The monoisotopic (exact) mass is 350 g/mol. The van der Waals surface area contributed by atoms with Gasteiger partial charge in [0.1, 0.15) is 0 Å². The molecule has 4 aromatic rings. The van der Waals surface area contributed by atoms with Gasteiger partial charge in [0.15, 0.2) is 0 Å². The number of fused-ring (bicyclic) bond motifs is 1. The van der Waals surface area contributed by atoms with Crippen LogP contribution in [0.4, 0.5) is 0 Å². The van der Waals surface area contributed by atoms with Gasteiger partial charge in [0.2, 0.25) is 0 Å². The summed E-state index contributed by atoms with van der Waals surface area (Å²) in [5.41, 5.74) is 9.30. The van der Waals surface area contributed by atoms with Crippen molar-refractivity contribution in [2.24, 2.45) is 0 Å². The van der Waals surface area contributed by atoms with Gasteiger partial charge in [0.05, 0.1) is 0 Å². The first-order valence-corrected chi connectivity index (χ1v) is 9.74. The molecule has 4 rings (SSSR count).